The van der Waals surface area contributed by atoms with Gasteiger partial charge < -0.3 is 9.88 Å². The second-order valence-electron chi connectivity index (χ2n) is 4.44. The summed E-state index contributed by atoms with van der Waals surface area (Å²) in [5, 5.41) is 4.01. The minimum Gasteiger partial charge on any atom is -0.355 e. The topological polar surface area (TPSA) is 46.9 Å². The highest BCUT2D eigenvalue weighted by Gasteiger charge is 2.21. The summed E-state index contributed by atoms with van der Waals surface area (Å²) in [6.45, 7) is 0.729. The Balaban J connectivity index is 1.63. The lowest BCUT2D eigenvalue weighted by atomic mass is 10.1. The van der Waals surface area contributed by atoms with Crippen molar-refractivity contribution in [1.82, 2.24) is 14.9 Å². The lowest BCUT2D eigenvalue weighted by Crippen LogP contribution is -2.31. The number of nitrogens with zero attached hydrogens (tertiary/aromatic N) is 2. The monoisotopic (exact) mass is 253 g/mol. The largest absolute Gasteiger partial charge is 0.355 e. The minimum atomic E-state index is 0.239. The molecule has 0 spiro atoms. The third-order valence-corrected chi connectivity index (χ3v) is 4.20. The number of thioether (sulfide) groups is 1. The molecule has 0 saturated heterocycles. The van der Waals surface area contributed by atoms with Crippen molar-refractivity contribution in [2.75, 3.05) is 12.3 Å². The number of carbonyl (C=O) groups is 1. The molecule has 1 fully saturated rings. The Bertz CT molecular complexity index is 372. The van der Waals surface area contributed by atoms with Crippen LogP contribution in [-0.4, -0.2) is 27.8 Å². The van der Waals surface area contributed by atoms with E-state index in [2.05, 4.69) is 10.3 Å². The van der Waals surface area contributed by atoms with Gasteiger partial charge in [-0.3, -0.25) is 4.79 Å². The average Bonchev–Trinajstić information content (AvgIpc) is 2.96. The van der Waals surface area contributed by atoms with Gasteiger partial charge >= 0.3 is 0 Å². The van der Waals surface area contributed by atoms with Gasteiger partial charge in [0, 0.05) is 37.7 Å². The van der Waals surface area contributed by atoms with Gasteiger partial charge in [0.05, 0.1) is 0 Å². The predicted octanol–water partition coefficient (Wildman–Crippen LogP) is 1.82. The highest BCUT2D eigenvalue weighted by atomic mass is 32.2. The van der Waals surface area contributed by atoms with Crippen LogP contribution in [0.3, 0.4) is 0 Å². The molecule has 1 aromatic heterocycles. The quantitative estimate of drug-likeness (QED) is 0.643. The first kappa shape index (κ1) is 12.5. The van der Waals surface area contributed by atoms with Gasteiger partial charge in [-0.05, 0) is 12.8 Å². The summed E-state index contributed by atoms with van der Waals surface area (Å²) in [7, 11) is 1.98. The van der Waals surface area contributed by atoms with Crippen molar-refractivity contribution in [3.63, 3.8) is 0 Å². The zero-order chi connectivity index (χ0) is 12.1. The molecule has 17 heavy (non-hydrogen) atoms. The fourth-order valence-corrected chi connectivity index (χ4v) is 2.93. The second kappa shape index (κ2) is 6.10. The van der Waals surface area contributed by atoms with Gasteiger partial charge in [0.25, 0.3) is 0 Å². The van der Waals surface area contributed by atoms with Gasteiger partial charge in [0.15, 0.2) is 5.16 Å². The zero-order valence-corrected chi connectivity index (χ0v) is 11.0. The lowest BCUT2D eigenvalue weighted by molar-refractivity contribution is -0.124. The molecule has 5 heteroatoms. The Morgan fingerprint density at radius 1 is 1.59 bits per heavy atom. The van der Waals surface area contributed by atoms with Crippen LogP contribution in [-0.2, 0) is 11.8 Å². The van der Waals surface area contributed by atoms with E-state index < -0.39 is 0 Å². The number of carbonyl (C=O) groups excluding carboxylic acids is 1. The third-order valence-electron chi connectivity index (χ3n) is 3.14. The van der Waals surface area contributed by atoms with Crippen LogP contribution in [0.5, 0.6) is 0 Å². The van der Waals surface area contributed by atoms with Crippen molar-refractivity contribution in [2.45, 2.75) is 30.8 Å². The van der Waals surface area contributed by atoms with Gasteiger partial charge in [0.2, 0.25) is 5.91 Å². The van der Waals surface area contributed by atoms with Crippen LogP contribution in [0, 0.1) is 5.92 Å². The fourth-order valence-electron chi connectivity index (χ4n) is 2.14. The third kappa shape index (κ3) is 3.49. The molecule has 0 atom stereocenters. The highest BCUT2D eigenvalue weighted by molar-refractivity contribution is 7.99. The molecule has 1 heterocycles. The van der Waals surface area contributed by atoms with E-state index in [9.17, 15) is 4.79 Å². The van der Waals surface area contributed by atoms with Gasteiger partial charge in [-0.1, -0.05) is 24.6 Å². The highest BCUT2D eigenvalue weighted by Crippen LogP contribution is 2.24. The maximum Gasteiger partial charge on any atom is 0.223 e. The van der Waals surface area contributed by atoms with E-state index in [-0.39, 0.29) is 11.8 Å². The Labute approximate surface area is 106 Å². The standard InChI is InChI=1S/C12H19N3OS/c1-15-8-6-14-12(15)17-9-7-13-11(16)10-4-2-3-5-10/h6,8,10H,2-5,7,9H2,1H3,(H,13,16). The van der Waals surface area contributed by atoms with Crippen LogP contribution >= 0.6 is 11.8 Å². The van der Waals surface area contributed by atoms with Crippen molar-refractivity contribution in [3.05, 3.63) is 12.4 Å². The first-order chi connectivity index (χ1) is 8.27. The van der Waals surface area contributed by atoms with E-state index in [1.807, 2.05) is 17.8 Å². The molecule has 0 bridgehead atoms. The Morgan fingerprint density at radius 3 is 3.00 bits per heavy atom. The predicted molar refractivity (Wildman–Crippen MR) is 68.9 cm³/mol. The summed E-state index contributed by atoms with van der Waals surface area (Å²) in [5.74, 6) is 1.39. The van der Waals surface area contributed by atoms with E-state index in [0.717, 1.165) is 30.3 Å². The van der Waals surface area contributed by atoms with Crippen LogP contribution in [0.2, 0.25) is 0 Å². The molecule has 1 aromatic rings. The van der Waals surface area contributed by atoms with Crippen molar-refractivity contribution in [3.8, 4) is 0 Å². The van der Waals surface area contributed by atoms with Gasteiger partial charge in [-0.25, -0.2) is 4.98 Å². The number of amides is 1. The van der Waals surface area contributed by atoms with Crippen LogP contribution in [0.4, 0.5) is 0 Å². The molecular formula is C12H19N3OS. The Morgan fingerprint density at radius 2 is 2.35 bits per heavy atom. The molecule has 0 radical (unpaired) electrons. The SMILES string of the molecule is Cn1ccnc1SCCNC(=O)C1CCCC1. The van der Waals surface area contributed by atoms with E-state index in [1.165, 1.54) is 12.8 Å². The van der Waals surface area contributed by atoms with Crippen molar-refractivity contribution in [2.24, 2.45) is 13.0 Å². The van der Waals surface area contributed by atoms with E-state index in [4.69, 9.17) is 0 Å². The molecule has 2 rings (SSSR count). The molecule has 1 aliphatic carbocycles. The lowest BCUT2D eigenvalue weighted by Gasteiger charge is -2.09. The van der Waals surface area contributed by atoms with Crippen molar-refractivity contribution in [1.29, 1.82) is 0 Å². The smallest absolute Gasteiger partial charge is 0.223 e. The molecule has 94 valence electrons. The summed E-state index contributed by atoms with van der Waals surface area (Å²) in [5.41, 5.74) is 0. The molecule has 0 aliphatic heterocycles. The van der Waals surface area contributed by atoms with Crippen LogP contribution < -0.4 is 5.32 Å². The Kier molecular flexibility index (Phi) is 4.48. The van der Waals surface area contributed by atoms with Crippen LogP contribution in [0.25, 0.3) is 0 Å². The van der Waals surface area contributed by atoms with Crippen molar-refractivity contribution < 1.29 is 4.79 Å². The van der Waals surface area contributed by atoms with E-state index in [1.54, 1.807) is 18.0 Å². The van der Waals surface area contributed by atoms with Gasteiger partial charge in [-0.2, -0.15) is 0 Å². The number of nitrogens with one attached hydrogen (secondary N) is 1. The number of aryl methyl sites for hydroxylation is 1. The Hall–Kier alpha value is -0.970. The molecule has 1 N–H and O–H groups in total. The molecular weight excluding hydrogens is 234 g/mol. The molecule has 4 nitrogen and oxygen atoms in total. The summed E-state index contributed by atoms with van der Waals surface area (Å²) in [6.07, 6.45) is 8.27. The number of hydrogen-bond acceptors (Lipinski definition) is 3. The second-order valence-corrected chi connectivity index (χ2v) is 5.50. The van der Waals surface area contributed by atoms with Gasteiger partial charge in [-0.15, -0.1) is 0 Å². The summed E-state index contributed by atoms with van der Waals surface area (Å²) >= 11 is 1.68. The molecule has 0 aromatic carbocycles. The number of imidazole rings is 1. The van der Waals surface area contributed by atoms with Gasteiger partial charge in [0.1, 0.15) is 0 Å². The molecule has 0 unspecified atom stereocenters. The minimum absolute atomic E-state index is 0.239. The van der Waals surface area contributed by atoms with Crippen LogP contribution in [0.1, 0.15) is 25.7 Å². The number of hydrogen-bond donors (Lipinski definition) is 1. The normalized spacial score (nSPS) is 16.3. The molecule has 1 saturated carbocycles. The number of aromatic nitrogens is 2. The van der Waals surface area contributed by atoms with E-state index in [0.29, 0.717) is 0 Å². The maximum atomic E-state index is 11.7. The first-order valence-corrected chi connectivity index (χ1v) is 7.14. The summed E-state index contributed by atoms with van der Waals surface area (Å²) in [6, 6.07) is 0. The molecule has 1 aliphatic rings. The number of rotatable bonds is 5. The summed E-state index contributed by atoms with van der Waals surface area (Å²) in [4.78, 5) is 16.0. The maximum absolute atomic E-state index is 11.7. The average molecular weight is 253 g/mol. The van der Waals surface area contributed by atoms with E-state index >= 15 is 0 Å². The van der Waals surface area contributed by atoms with Crippen molar-refractivity contribution >= 4 is 17.7 Å². The molecule has 1 amide bonds. The summed E-state index contributed by atoms with van der Waals surface area (Å²) < 4.78 is 1.99. The first-order valence-electron chi connectivity index (χ1n) is 6.15. The zero-order valence-electron chi connectivity index (χ0n) is 10.2. The fraction of sp³-hybridized carbons (Fsp3) is 0.667. The van der Waals surface area contributed by atoms with Crippen LogP contribution in [0.15, 0.2) is 17.6 Å².